The highest BCUT2D eigenvalue weighted by Gasteiger charge is 2.37. The number of pyridine rings is 1. The van der Waals surface area contributed by atoms with Gasteiger partial charge in [-0.1, -0.05) is 0 Å². The molecule has 1 aliphatic rings. The number of hydrogen-bond acceptors (Lipinski definition) is 7. The fraction of sp³-hybridized carbons (Fsp3) is 0.409. The van der Waals surface area contributed by atoms with Crippen LogP contribution < -0.4 is 20.9 Å². The van der Waals surface area contributed by atoms with Crippen LogP contribution in [0.4, 0.5) is 15.9 Å². The average Bonchev–Trinajstić information content (AvgIpc) is 3.14. The Labute approximate surface area is 196 Å². The number of aromatic nitrogens is 3. The van der Waals surface area contributed by atoms with Crippen molar-refractivity contribution in [2.75, 3.05) is 18.4 Å². The van der Waals surface area contributed by atoms with E-state index in [4.69, 9.17) is 0 Å². The first-order chi connectivity index (χ1) is 16.2. The number of H-pyrrole nitrogens is 1. The van der Waals surface area contributed by atoms with E-state index >= 15 is 0 Å². The smallest absolute Gasteiger partial charge is 0.261 e. The highest BCUT2D eigenvalue weighted by Crippen LogP contribution is 2.36. The maximum Gasteiger partial charge on any atom is 0.261 e. The molecule has 1 aliphatic heterocycles. The van der Waals surface area contributed by atoms with Crippen molar-refractivity contribution in [2.45, 2.75) is 49.6 Å². The summed E-state index contributed by atoms with van der Waals surface area (Å²) in [5, 5.41) is 20.7. The van der Waals surface area contributed by atoms with Crippen LogP contribution in [0.3, 0.4) is 0 Å². The van der Waals surface area contributed by atoms with Crippen LogP contribution in [-0.2, 0) is 15.6 Å². The SMILES string of the molecule is CC(C)NS(=O)(=O)c1ccc(Nc2nn(C3(CC#N)CCNCC3)c3cc[nH]c(=O)c23)cc1F. The van der Waals surface area contributed by atoms with E-state index in [1.807, 2.05) is 0 Å². The monoisotopic (exact) mass is 487 g/mol. The van der Waals surface area contributed by atoms with Gasteiger partial charge >= 0.3 is 0 Å². The Morgan fingerprint density at radius 1 is 1.29 bits per heavy atom. The minimum atomic E-state index is -4.01. The normalized spacial score (nSPS) is 16.0. The Kier molecular flexibility index (Phi) is 6.44. The minimum absolute atomic E-state index is 0.197. The predicted octanol–water partition coefficient (Wildman–Crippen LogP) is 2.29. The van der Waals surface area contributed by atoms with Gasteiger partial charge in [-0.25, -0.2) is 17.5 Å². The third-order valence-electron chi connectivity index (χ3n) is 5.87. The van der Waals surface area contributed by atoms with E-state index in [1.165, 1.54) is 12.3 Å². The molecule has 34 heavy (non-hydrogen) atoms. The molecule has 1 saturated heterocycles. The van der Waals surface area contributed by atoms with Crippen LogP contribution in [0.1, 0.15) is 33.1 Å². The molecule has 0 atom stereocenters. The second kappa shape index (κ2) is 9.17. The van der Waals surface area contributed by atoms with Crippen molar-refractivity contribution in [1.82, 2.24) is 24.8 Å². The number of benzene rings is 1. The zero-order valence-electron chi connectivity index (χ0n) is 18.9. The number of rotatable bonds is 7. The number of piperidine rings is 1. The first kappa shape index (κ1) is 23.9. The van der Waals surface area contributed by atoms with E-state index in [1.54, 1.807) is 24.6 Å². The molecule has 0 bridgehead atoms. The lowest BCUT2D eigenvalue weighted by molar-refractivity contribution is 0.197. The predicted molar refractivity (Wildman–Crippen MR) is 126 cm³/mol. The van der Waals surface area contributed by atoms with Crippen molar-refractivity contribution in [3.63, 3.8) is 0 Å². The lowest BCUT2D eigenvalue weighted by Crippen LogP contribution is -2.44. The average molecular weight is 488 g/mol. The molecule has 0 radical (unpaired) electrons. The van der Waals surface area contributed by atoms with Crippen LogP contribution in [-0.4, -0.2) is 42.3 Å². The van der Waals surface area contributed by atoms with Crippen molar-refractivity contribution in [2.24, 2.45) is 0 Å². The summed E-state index contributed by atoms with van der Waals surface area (Å²) in [5.74, 6) is -0.738. The Morgan fingerprint density at radius 3 is 2.68 bits per heavy atom. The zero-order valence-corrected chi connectivity index (χ0v) is 19.7. The van der Waals surface area contributed by atoms with Crippen LogP contribution in [0.15, 0.2) is 40.2 Å². The van der Waals surface area contributed by atoms with Gasteiger partial charge in [0.1, 0.15) is 16.1 Å². The molecule has 12 heteroatoms. The molecule has 4 rings (SSSR count). The second-order valence-corrected chi connectivity index (χ2v) is 10.4. The Balaban J connectivity index is 1.77. The van der Waals surface area contributed by atoms with Gasteiger partial charge in [0.2, 0.25) is 10.0 Å². The third kappa shape index (κ3) is 4.42. The van der Waals surface area contributed by atoms with Gasteiger partial charge in [0.05, 0.1) is 23.5 Å². The molecule has 1 fully saturated rings. The summed E-state index contributed by atoms with van der Waals surface area (Å²) in [4.78, 5) is 14.9. The largest absolute Gasteiger partial charge is 0.338 e. The lowest BCUT2D eigenvalue weighted by atomic mass is 9.85. The fourth-order valence-corrected chi connectivity index (χ4v) is 5.65. The van der Waals surface area contributed by atoms with Gasteiger partial charge in [-0.05, 0) is 64.0 Å². The summed E-state index contributed by atoms with van der Waals surface area (Å²) in [6, 6.07) is 7.21. The van der Waals surface area contributed by atoms with E-state index in [0.29, 0.717) is 31.4 Å². The molecule has 4 N–H and O–H groups in total. The topological polar surface area (TPSA) is 145 Å². The highest BCUT2D eigenvalue weighted by atomic mass is 32.2. The zero-order chi connectivity index (χ0) is 24.5. The summed E-state index contributed by atoms with van der Waals surface area (Å²) < 4.78 is 43.6. The molecular formula is C22H26FN7O3S. The van der Waals surface area contributed by atoms with Crippen LogP contribution in [0.5, 0.6) is 0 Å². The molecular weight excluding hydrogens is 461 g/mol. The number of hydrogen-bond donors (Lipinski definition) is 4. The van der Waals surface area contributed by atoms with Gasteiger partial charge in [0.15, 0.2) is 5.82 Å². The van der Waals surface area contributed by atoms with E-state index in [-0.39, 0.29) is 34.9 Å². The molecule has 0 spiro atoms. The van der Waals surface area contributed by atoms with Gasteiger partial charge in [-0.3, -0.25) is 9.48 Å². The summed E-state index contributed by atoms with van der Waals surface area (Å²) in [7, 11) is -4.01. The third-order valence-corrected chi connectivity index (χ3v) is 7.56. The summed E-state index contributed by atoms with van der Waals surface area (Å²) in [6.45, 7) is 4.71. The summed E-state index contributed by atoms with van der Waals surface area (Å²) in [6.07, 6.45) is 3.07. The number of nitrogens with one attached hydrogen (secondary N) is 4. The van der Waals surface area contributed by atoms with Crippen molar-refractivity contribution < 1.29 is 12.8 Å². The second-order valence-electron chi connectivity index (χ2n) is 8.68. The highest BCUT2D eigenvalue weighted by molar-refractivity contribution is 7.89. The van der Waals surface area contributed by atoms with Crippen LogP contribution in [0.25, 0.3) is 10.9 Å². The van der Waals surface area contributed by atoms with Crippen molar-refractivity contribution >= 4 is 32.4 Å². The van der Waals surface area contributed by atoms with Gasteiger partial charge < -0.3 is 15.6 Å². The molecule has 0 unspecified atom stereocenters. The quantitative estimate of drug-likeness (QED) is 0.400. The standard InChI is InChI=1S/C22H26FN7O3S/c1-14(2)29-34(32,33)18-4-3-15(13-16(18)23)27-20-19-17(5-10-26-21(19)31)30(28-20)22(6-9-24)7-11-25-12-8-22/h3-5,10,13-14,25,29H,6-8,11-12H2,1-2H3,(H,26,31)(H,27,28). The van der Waals surface area contributed by atoms with Gasteiger partial charge in [-0.15, -0.1) is 0 Å². The molecule has 0 amide bonds. The maximum absolute atomic E-state index is 14.8. The van der Waals surface area contributed by atoms with Crippen molar-refractivity contribution in [1.29, 1.82) is 5.26 Å². The summed E-state index contributed by atoms with van der Waals surface area (Å²) in [5.41, 5.74) is -0.176. The number of nitriles is 1. The number of aromatic amines is 1. The molecule has 1 aromatic carbocycles. The molecule has 0 saturated carbocycles. The Bertz CT molecular complexity index is 1420. The maximum atomic E-state index is 14.8. The molecule has 180 valence electrons. The Hall–Kier alpha value is -3.27. The first-order valence-corrected chi connectivity index (χ1v) is 12.4. The summed E-state index contributed by atoms with van der Waals surface area (Å²) >= 11 is 0. The van der Waals surface area contributed by atoms with Crippen molar-refractivity contribution in [3.05, 3.63) is 46.6 Å². The van der Waals surface area contributed by atoms with E-state index in [9.17, 15) is 22.9 Å². The minimum Gasteiger partial charge on any atom is -0.338 e. The van der Waals surface area contributed by atoms with Gasteiger partial charge in [0.25, 0.3) is 5.56 Å². The number of fused-ring (bicyclic) bond motifs is 1. The Morgan fingerprint density at radius 2 is 2.03 bits per heavy atom. The molecule has 3 heterocycles. The molecule has 0 aliphatic carbocycles. The van der Waals surface area contributed by atoms with E-state index < -0.39 is 26.3 Å². The molecule has 10 nitrogen and oxygen atoms in total. The van der Waals surface area contributed by atoms with E-state index in [2.05, 4.69) is 31.5 Å². The number of sulfonamides is 1. The number of halogens is 1. The molecule has 2 aromatic heterocycles. The fourth-order valence-electron chi connectivity index (χ4n) is 4.34. The van der Waals surface area contributed by atoms with E-state index in [0.717, 1.165) is 12.1 Å². The van der Waals surface area contributed by atoms with Crippen LogP contribution in [0, 0.1) is 17.1 Å². The van der Waals surface area contributed by atoms with Crippen molar-refractivity contribution in [3.8, 4) is 6.07 Å². The molecule has 3 aromatic rings. The number of nitrogens with zero attached hydrogens (tertiary/aromatic N) is 3. The van der Waals surface area contributed by atoms with Crippen LogP contribution >= 0.6 is 0 Å². The lowest BCUT2D eigenvalue weighted by Gasteiger charge is -2.36. The number of anilines is 2. The van der Waals surface area contributed by atoms with Gasteiger partial charge in [0, 0.05) is 17.9 Å². The van der Waals surface area contributed by atoms with Gasteiger partial charge in [-0.2, -0.15) is 10.4 Å². The first-order valence-electron chi connectivity index (χ1n) is 10.9. The van der Waals surface area contributed by atoms with Crippen LogP contribution in [0.2, 0.25) is 0 Å².